The molecular formula is C13H20ClN3. The molecule has 0 spiro atoms. The van der Waals surface area contributed by atoms with Crippen molar-refractivity contribution in [2.45, 2.75) is 13.0 Å². The van der Waals surface area contributed by atoms with Crippen molar-refractivity contribution in [2.75, 3.05) is 37.6 Å². The van der Waals surface area contributed by atoms with Crippen LogP contribution in [0.3, 0.4) is 0 Å². The van der Waals surface area contributed by atoms with E-state index in [9.17, 15) is 0 Å². The van der Waals surface area contributed by atoms with Crippen molar-refractivity contribution in [1.29, 1.82) is 0 Å². The van der Waals surface area contributed by atoms with E-state index in [0.717, 1.165) is 37.7 Å². The van der Waals surface area contributed by atoms with E-state index in [4.69, 9.17) is 17.3 Å². The monoisotopic (exact) mass is 253 g/mol. The lowest BCUT2D eigenvalue weighted by Gasteiger charge is -2.38. The summed E-state index contributed by atoms with van der Waals surface area (Å²) < 4.78 is 0. The van der Waals surface area contributed by atoms with Crippen molar-refractivity contribution < 1.29 is 0 Å². The largest absolute Gasteiger partial charge is 0.369 e. The molecule has 3 nitrogen and oxygen atoms in total. The van der Waals surface area contributed by atoms with Gasteiger partial charge in [-0.05, 0) is 25.1 Å². The normalized spacial score (nSPS) is 19.4. The van der Waals surface area contributed by atoms with Crippen LogP contribution in [-0.2, 0) is 0 Å². The Balaban J connectivity index is 1.95. The van der Waals surface area contributed by atoms with Crippen molar-refractivity contribution >= 4 is 17.3 Å². The molecule has 1 fully saturated rings. The van der Waals surface area contributed by atoms with Gasteiger partial charge in [0, 0.05) is 49.5 Å². The van der Waals surface area contributed by atoms with E-state index in [0.29, 0.717) is 6.04 Å². The molecule has 0 unspecified atom stereocenters. The molecule has 1 saturated heterocycles. The van der Waals surface area contributed by atoms with Gasteiger partial charge < -0.3 is 10.6 Å². The molecule has 0 bridgehead atoms. The van der Waals surface area contributed by atoms with Crippen LogP contribution in [0.5, 0.6) is 0 Å². The van der Waals surface area contributed by atoms with Gasteiger partial charge in [-0.3, -0.25) is 4.90 Å². The molecule has 1 aliphatic rings. The van der Waals surface area contributed by atoms with Gasteiger partial charge in [0.05, 0.1) is 0 Å². The molecule has 94 valence electrons. The van der Waals surface area contributed by atoms with Gasteiger partial charge in [0.2, 0.25) is 0 Å². The smallest absolute Gasteiger partial charge is 0.0426 e. The van der Waals surface area contributed by atoms with E-state index in [-0.39, 0.29) is 0 Å². The van der Waals surface area contributed by atoms with Gasteiger partial charge in [0.1, 0.15) is 0 Å². The van der Waals surface area contributed by atoms with Gasteiger partial charge in [-0.1, -0.05) is 17.7 Å². The van der Waals surface area contributed by atoms with Gasteiger partial charge >= 0.3 is 0 Å². The maximum atomic E-state index is 6.01. The maximum absolute atomic E-state index is 6.01. The lowest BCUT2D eigenvalue weighted by Crippen LogP contribution is -2.51. The Bertz CT molecular complexity index is 361. The fourth-order valence-corrected chi connectivity index (χ4v) is 2.43. The lowest BCUT2D eigenvalue weighted by atomic mass is 10.2. The molecule has 0 amide bonds. The number of piperazine rings is 1. The Hall–Kier alpha value is -0.770. The summed E-state index contributed by atoms with van der Waals surface area (Å²) in [6.07, 6.45) is 0. The molecule has 0 aromatic heterocycles. The highest BCUT2D eigenvalue weighted by atomic mass is 35.5. The first-order valence-electron chi connectivity index (χ1n) is 6.15. The Kier molecular flexibility index (Phi) is 4.26. The fourth-order valence-electron chi connectivity index (χ4n) is 2.24. The minimum absolute atomic E-state index is 0.483. The molecule has 1 heterocycles. The number of nitrogens with zero attached hydrogens (tertiary/aromatic N) is 2. The second-order valence-corrected chi connectivity index (χ2v) is 5.02. The van der Waals surface area contributed by atoms with Crippen LogP contribution in [-0.4, -0.2) is 43.7 Å². The Morgan fingerprint density at radius 2 is 2.00 bits per heavy atom. The molecule has 1 aromatic rings. The van der Waals surface area contributed by atoms with Crippen molar-refractivity contribution in [3.63, 3.8) is 0 Å². The fraction of sp³-hybridized carbons (Fsp3) is 0.538. The topological polar surface area (TPSA) is 32.5 Å². The Labute approximate surface area is 108 Å². The molecule has 2 rings (SSSR count). The Morgan fingerprint density at radius 3 is 2.59 bits per heavy atom. The predicted octanol–water partition coefficient (Wildman–Crippen LogP) is 1.81. The van der Waals surface area contributed by atoms with E-state index in [2.05, 4.69) is 22.8 Å². The maximum Gasteiger partial charge on any atom is 0.0426 e. The summed E-state index contributed by atoms with van der Waals surface area (Å²) in [5.74, 6) is 0. The zero-order valence-corrected chi connectivity index (χ0v) is 11.0. The van der Waals surface area contributed by atoms with Crippen molar-refractivity contribution in [3.05, 3.63) is 29.3 Å². The summed E-state index contributed by atoms with van der Waals surface area (Å²) in [5, 5.41) is 0.806. The molecule has 2 N–H and O–H groups in total. The minimum atomic E-state index is 0.483. The third-order valence-electron chi connectivity index (χ3n) is 3.45. The first-order valence-corrected chi connectivity index (χ1v) is 6.53. The van der Waals surface area contributed by atoms with Crippen LogP contribution in [0.2, 0.25) is 5.02 Å². The molecular weight excluding hydrogens is 234 g/mol. The number of rotatable bonds is 3. The van der Waals surface area contributed by atoms with Gasteiger partial charge in [0.25, 0.3) is 0 Å². The van der Waals surface area contributed by atoms with Gasteiger partial charge in [-0.2, -0.15) is 0 Å². The third kappa shape index (κ3) is 3.12. The van der Waals surface area contributed by atoms with Crippen molar-refractivity contribution in [3.8, 4) is 0 Å². The van der Waals surface area contributed by atoms with Crippen LogP contribution in [0.15, 0.2) is 24.3 Å². The number of hydrogen-bond donors (Lipinski definition) is 1. The minimum Gasteiger partial charge on any atom is -0.369 e. The molecule has 1 atom stereocenters. The zero-order valence-electron chi connectivity index (χ0n) is 10.3. The quantitative estimate of drug-likeness (QED) is 0.892. The highest BCUT2D eigenvalue weighted by Crippen LogP contribution is 2.21. The first kappa shape index (κ1) is 12.7. The van der Waals surface area contributed by atoms with Crippen molar-refractivity contribution in [2.24, 2.45) is 5.73 Å². The average molecular weight is 254 g/mol. The number of anilines is 1. The van der Waals surface area contributed by atoms with E-state index in [1.807, 2.05) is 18.2 Å². The van der Waals surface area contributed by atoms with Crippen molar-refractivity contribution in [1.82, 2.24) is 4.90 Å². The predicted molar refractivity (Wildman–Crippen MR) is 73.8 cm³/mol. The highest BCUT2D eigenvalue weighted by molar-refractivity contribution is 6.30. The summed E-state index contributed by atoms with van der Waals surface area (Å²) in [5.41, 5.74) is 6.92. The van der Waals surface area contributed by atoms with Crippen LogP contribution >= 0.6 is 11.6 Å². The number of benzene rings is 1. The summed E-state index contributed by atoms with van der Waals surface area (Å²) in [4.78, 5) is 4.83. The van der Waals surface area contributed by atoms with Crippen LogP contribution in [0.1, 0.15) is 6.92 Å². The van der Waals surface area contributed by atoms with Gasteiger partial charge in [0.15, 0.2) is 0 Å². The summed E-state index contributed by atoms with van der Waals surface area (Å²) in [6.45, 7) is 7.16. The number of nitrogens with two attached hydrogens (primary N) is 1. The third-order valence-corrected chi connectivity index (χ3v) is 3.69. The van der Waals surface area contributed by atoms with Crippen LogP contribution in [0, 0.1) is 0 Å². The molecule has 1 aliphatic heterocycles. The van der Waals surface area contributed by atoms with Crippen LogP contribution < -0.4 is 10.6 Å². The first-order chi connectivity index (χ1) is 8.20. The molecule has 0 aliphatic carbocycles. The van der Waals surface area contributed by atoms with Crippen LogP contribution in [0.25, 0.3) is 0 Å². The SMILES string of the molecule is C[C@@H](CN)N1CCN(c2cccc(Cl)c2)CC1. The second-order valence-electron chi connectivity index (χ2n) is 4.59. The molecule has 1 aromatic carbocycles. The number of halogens is 1. The lowest BCUT2D eigenvalue weighted by molar-refractivity contribution is 0.201. The average Bonchev–Trinajstić information content (AvgIpc) is 2.38. The summed E-state index contributed by atoms with van der Waals surface area (Å²) in [6, 6.07) is 8.55. The summed E-state index contributed by atoms with van der Waals surface area (Å²) in [7, 11) is 0. The molecule has 17 heavy (non-hydrogen) atoms. The molecule has 0 saturated carbocycles. The Morgan fingerprint density at radius 1 is 1.29 bits per heavy atom. The van der Waals surface area contributed by atoms with Crippen LogP contribution in [0.4, 0.5) is 5.69 Å². The van der Waals surface area contributed by atoms with E-state index in [1.165, 1.54) is 5.69 Å². The number of hydrogen-bond acceptors (Lipinski definition) is 3. The summed E-state index contributed by atoms with van der Waals surface area (Å²) >= 11 is 6.01. The zero-order chi connectivity index (χ0) is 12.3. The van der Waals surface area contributed by atoms with E-state index < -0.39 is 0 Å². The van der Waals surface area contributed by atoms with Gasteiger partial charge in [-0.25, -0.2) is 0 Å². The highest BCUT2D eigenvalue weighted by Gasteiger charge is 2.20. The van der Waals surface area contributed by atoms with Gasteiger partial charge in [-0.15, -0.1) is 0 Å². The van der Waals surface area contributed by atoms with E-state index in [1.54, 1.807) is 0 Å². The molecule has 0 radical (unpaired) electrons. The molecule has 4 heteroatoms. The standard InChI is InChI=1S/C13H20ClN3/c1-11(10-15)16-5-7-17(8-6-16)13-4-2-3-12(14)9-13/h2-4,9,11H,5-8,10,15H2,1H3/t11-/m0/s1. The second kappa shape index (κ2) is 5.71. The van der Waals surface area contributed by atoms with E-state index >= 15 is 0 Å².